The Morgan fingerprint density at radius 2 is 2.18 bits per heavy atom. The zero-order chi connectivity index (χ0) is 12.3. The van der Waals surface area contributed by atoms with Crippen molar-refractivity contribution in [3.8, 4) is 5.75 Å². The average Bonchev–Trinajstić information content (AvgIpc) is 2.29. The molecule has 0 bridgehead atoms. The molecule has 17 heavy (non-hydrogen) atoms. The molecule has 0 aliphatic heterocycles. The van der Waals surface area contributed by atoms with Gasteiger partial charge in [0.1, 0.15) is 11.9 Å². The molecular weight excluding hydrogens is 282 g/mol. The van der Waals surface area contributed by atoms with Gasteiger partial charge in [-0.1, -0.05) is 22.0 Å². The van der Waals surface area contributed by atoms with Gasteiger partial charge < -0.3 is 10.5 Å². The van der Waals surface area contributed by atoms with Crippen LogP contribution in [0.3, 0.4) is 0 Å². The van der Waals surface area contributed by atoms with Gasteiger partial charge in [-0.2, -0.15) is 0 Å². The van der Waals surface area contributed by atoms with Gasteiger partial charge in [-0.25, -0.2) is 9.97 Å². The first-order valence-electron chi connectivity index (χ1n) is 5.16. The number of aromatic nitrogens is 2. The maximum Gasteiger partial charge on any atom is 0.220 e. The second kappa shape index (κ2) is 5.14. The lowest BCUT2D eigenvalue weighted by Gasteiger charge is -2.14. The number of nitrogen functional groups attached to an aromatic ring is 1. The lowest BCUT2D eigenvalue weighted by Crippen LogP contribution is -2.07. The average molecular weight is 294 g/mol. The van der Waals surface area contributed by atoms with Gasteiger partial charge >= 0.3 is 0 Å². The van der Waals surface area contributed by atoms with E-state index in [-0.39, 0.29) is 12.1 Å². The van der Waals surface area contributed by atoms with Gasteiger partial charge in [0, 0.05) is 10.7 Å². The van der Waals surface area contributed by atoms with E-state index in [1.165, 1.54) is 0 Å². The number of benzene rings is 1. The topological polar surface area (TPSA) is 61.0 Å². The summed E-state index contributed by atoms with van der Waals surface area (Å²) in [7, 11) is 0. The van der Waals surface area contributed by atoms with Gasteiger partial charge in [-0.15, -0.1) is 0 Å². The van der Waals surface area contributed by atoms with E-state index in [0.29, 0.717) is 0 Å². The number of halogens is 1. The molecule has 0 amide bonds. The Morgan fingerprint density at radius 3 is 2.88 bits per heavy atom. The number of hydrogen-bond acceptors (Lipinski definition) is 4. The minimum atomic E-state index is -0.172. The molecule has 1 heterocycles. The van der Waals surface area contributed by atoms with Crippen molar-refractivity contribution < 1.29 is 4.74 Å². The van der Waals surface area contributed by atoms with Crippen LogP contribution >= 0.6 is 15.9 Å². The summed E-state index contributed by atoms with van der Waals surface area (Å²) < 4.78 is 6.74. The Hall–Kier alpha value is -1.62. The summed E-state index contributed by atoms with van der Waals surface area (Å²) in [4.78, 5) is 7.97. The lowest BCUT2D eigenvalue weighted by molar-refractivity contribution is 0.222. The van der Waals surface area contributed by atoms with E-state index in [1.807, 2.05) is 31.2 Å². The second-order valence-electron chi connectivity index (χ2n) is 3.56. The van der Waals surface area contributed by atoms with Crippen molar-refractivity contribution in [2.75, 3.05) is 5.73 Å². The largest absolute Gasteiger partial charge is 0.484 e. The highest BCUT2D eigenvalue weighted by atomic mass is 79.9. The molecule has 1 aromatic heterocycles. The SMILES string of the molecule is C[C@@H](Oc1cccc(Br)c1)c1ccnc(N)n1. The number of anilines is 1. The highest BCUT2D eigenvalue weighted by molar-refractivity contribution is 9.10. The molecule has 1 atom stereocenters. The van der Waals surface area contributed by atoms with Crippen LogP contribution in [-0.2, 0) is 0 Å². The van der Waals surface area contributed by atoms with Gasteiger partial charge in [-0.05, 0) is 31.2 Å². The van der Waals surface area contributed by atoms with Crippen LogP contribution in [-0.4, -0.2) is 9.97 Å². The van der Waals surface area contributed by atoms with Crippen LogP contribution in [0.4, 0.5) is 5.95 Å². The third kappa shape index (κ3) is 3.17. The van der Waals surface area contributed by atoms with Crippen molar-refractivity contribution in [3.63, 3.8) is 0 Å². The molecule has 4 nitrogen and oxygen atoms in total. The van der Waals surface area contributed by atoms with Crippen molar-refractivity contribution in [1.29, 1.82) is 0 Å². The summed E-state index contributed by atoms with van der Waals surface area (Å²) in [6, 6.07) is 9.45. The third-order valence-corrected chi connectivity index (χ3v) is 2.71. The van der Waals surface area contributed by atoms with Crippen molar-refractivity contribution in [2.24, 2.45) is 0 Å². The summed E-state index contributed by atoms with van der Waals surface area (Å²) in [6.07, 6.45) is 1.45. The van der Waals surface area contributed by atoms with Gasteiger partial charge in [0.2, 0.25) is 5.95 Å². The van der Waals surface area contributed by atoms with Gasteiger partial charge in [0.05, 0.1) is 5.69 Å². The molecule has 0 aliphatic rings. The molecule has 1 aromatic carbocycles. The molecule has 0 radical (unpaired) electrons. The minimum Gasteiger partial charge on any atom is -0.484 e. The molecule has 0 unspecified atom stereocenters. The molecule has 0 aliphatic carbocycles. The van der Waals surface area contributed by atoms with Crippen molar-refractivity contribution in [1.82, 2.24) is 9.97 Å². The second-order valence-corrected chi connectivity index (χ2v) is 4.47. The van der Waals surface area contributed by atoms with E-state index in [9.17, 15) is 0 Å². The predicted molar refractivity (Wildman–Crippen MR) is 69.6 cm³/mol. The monoisotopic (exact) mass is 293 g/mol. The Morgan fingerprint density at radius 1 is 1.35 bits per heavy atom. The van der Waals surface area contributed by atoms with Gasteiger partial charge in [-0.3, -0.25) is 0 Å². The fourth-order valence-corrected chi connectivity index (χ4v) is 1.80. The first-order valence-corrected chi connectivity index (χ1v) is 5.95. The number of rotatable bonds is 3. The van der Waals surface area contributed by atoms with Gasteiger partial charge in [0.15, 0.2) is 0 Å². The molecule has 2 rings (SSSR count). The highest BCUT2D eigenvalue weighted by Crippen LogP contribution is 2.23. The first-order chi connectivity index (χ1) is 8.15. The lowest BCUT2D eigenvalue weighted by atomic mass is 10.2. The molecule has 0 saturated carbocycles. The molecule has 5 heteroatoms. The van der Waals surface area contributed by atoms with Crippen LogP contribution in [0.5, 0.6) is 5.75 Å². The van der Waals surface area contributed by atoms with E-state index >= 15 is 0 Å². The Bertz CT molecular complexity index is 519. The molecule has 0 spiro atoms. The fourth-order valence-electron chi connectivity index (χ4n) is 1.42. The first kappa shape index (κ1) is 11.9. The summed E-state index contributed by atoms with van der Waals surface area (Å²) >= 11 is 3.39. The van der Waals surface area contributed by atoms with E-state index in [1.54, 1.807) is 12.3 Å². The van der Waals surface area contributed by atoms with Crippen LogP contribution in [0.2, 0.25) is 0 Å². The van der Waals surface area contributed by atoms with E-state index in [4.69, 9.17) is 10.5 Å². The Balaban J connectivity index is 2.14. The maximum atomic E-state index is 5.76. The van der Waals surface area contributed by atoms with E-state index < -0.39 is 0 Å². The highest BCUT2D eigenvalue weighted by Gasteiger charge is 2.09. The van der Waals surface area contributed by atoms with Crippen molar-refractivity contribution in [2.45, 2.75) is 13.0 Å². The molecule has 0 saturated heterocycles. The van der Waals surface area contributed by atoms with Crippen LogP contribution in [0.25, 0.3) is 0 Å². The van der Waals surface area contributed by atoms with Crippen LogP contribution in [0, 0.1) is 0 Å². The molecular formula is C12H12BrN3O. The maximum absolute atomic E-state index is 5.76. The predicted octanol–water partition coefficient (Wildman–Crippen LogP) is 2.96. The summed E-state index contributed by atoms with van der Waals surface area (Å²) in [5.41, 5.74) is 6.29. The van der Waals surface area contributed by atoms with E-state index in [2.05, 4.69) is 25.9 Å². The minimum absolute atomic E-state index is 0.172. The summed E-state index contributed by atoms with van der Waals surface area (Å²) in [6.45, 7) is 1.92. The third-order valence-electron chi connectivity index (χ3n) is 2.22. The Labute approximate surface area is 108 Å². The fraction of sp³-hybridized carbons (Fsp3) is 0.167. The smallest absolute Gasteiger partial charge is 0.220 e. The summed E-state index contributed by atoms with van der Waals surface area (Å²) in [5, 5.41) is 0. The molecule has 0 fully saturated rings. The number of hydrogen-bond donors (Lipinski definition) is 1. The molecule has 2 aromatic rings. The molecule has 88 valence electrons. The quantitative estimate of drug-likeness (QED) is 0.945. The Kier molecular flexibility index (Phi) is 3.58. The van der Waals surface area contributed by atoms with Crippen LogP contribution in [0.15, 0.2) is 41.0 Å². The number of nitrogens with zero attached hydrogens (tertiary/aromatic N) is 2. The summed E-state index contributed by atoms with van der Waals surface area (Å²) in [5.74, 6) is 1.04. The zero-order valence-electron chi connectivity index (χ0n) is 9.30. The van der Waals surface area contributed by atoms with Crippen LogP contribution < -0.4 is 10.5 Å². The standard InChI is InChI=1S/C12H12BrN3O/c1-8(11-5-6-15-12(14)16-11)17-10-4-2-3-9(13)7-10/h2-8H,1H3,(H2,14,15,16)/t8-/m1/s1. The van der Waals surface area contributed by atoms with Gasteiger partial charge in [0.25, 0.3) is 0 Å². The normalized spacial score (nSPS) is 12.1. The zero-order valence-corrected chi connectivity index (χ0v) is 10.9. The molecule has 2 N–H and O–H groups in total. The van der Waals surface area contributed by atoms with Crippen molar-refractivity contribution in [3.05, 3.63) is 46.7 Å². The van der Waals surface area contributed by atoms with E-state index in [0.717, 1.165) is 15.9 Å². The number of ether oxygens (including phenoxy) is 1. The number of nitrogens with two attached hydrogens (primary N) is 1. The van der Waals surface area contributed by atoms with Crippen molar-refractivity contribution >= 4 is 21.9 Å². The van der Waals surface area contributed by atoms with Crippen LogP contribution in [0.1, 0.15) is 18.7 Å².